The lowest BCUT2D eigenvalue weighted by atomic mass is 10.3. The minimum absolute atomic E-state index is 0.417. The molecule has 0 aliphatic rings. The zero-order valence-electron chi connectivity index (χ0n) is 7.34. The normalized spacial score (nSPS) is 10.1. The molecule has 0 saturated heterocycles. The molecule has 0 spiro atoms. The SMILES string of the molecule is [N-]=[N+]=NCCC=Cc1cncnc1Cl. The zero-order valence-corrected chi connectivity index (χ0v) is 8.09. The van der Waals surface area contributed by atoms with E-state index < -0.39 is 0 Å². The van der Waals surface area contributed by atoms with Gasteiger partial charge in [-0.15, -0.1) is 0 Å². The molecule has 1 rings (SSSR count). The van der Waals surface area contributed by atoms with E-state index in [1.807, 2.05) is 6.08 Å². The number of aromatic nitrogens is 2. The summed E-state index contributed by atoms with van der Waals surface area (Å²) in [6.07, 6.45) is 7.35. The first-order chi connectivity index (χ1) is 6.84. The Morgan fingerprint density at radius 1 is 1.64 bits per heavy atom. The van der Waals surface area contributed by atoms with Crippen LogP contribution in [0.3, 0.4) is 0 Å². The highest BCUT2D eigenvalue weighted by Crippen LogP contribution is 2.11. The maximum absolute atomic E-state index is 8.02. The van der Waals surface area contributed by atoms with Crippen LogP contribution in [0.2, 0.25) is 5.15 Å². The minimum Gasteiger partial charge on any atom is -0.244 e. The van der Waals surface area contributed by atoms with Crippen LogP contribution in [0, 0.1) is 0 Å². The van der Waals surface area contributed by atoms with Crippen LogP contribution in [-0.4, -0.2) is 16.5 Å². The Hall–Kier alpha value is -1.58. The quantitative estimate of drug-likeness (QED) is 0.251. The van der Waals surface area contributed by atoms with E-state index in [9.17, 15) is 0 Å². The van der Waals surface area contributed by atoms with Crippen molar-refractivity contribution in [2.24, 2.45) is 5.11 Å². The van der Waals surface area contributed by atoms with E-state index in [1.54, 1.807) is 12.3 Å². The van der Waals surface area contributed by atoms with Gasteiger partial charge in [-0.3, -0.25) is 0 Å². The van der Waals surface area contributed by atoms with E-state index in [-0.39, 0.29) is 0 Å². The molecule has 0 fully saturated rings. The summed E-state index contributed by atoms with van der Waals surface area (Å²) in [5, 5.41) is 3.81. The van der Waals surface area contributed by atoms with Crippen molar-refractivity contribution < 1.29 is 0 Å². The molecule has 0 radical (unpaired) electrons. The number of hydrogen-bond acceptors (Lipinski definition) is 3. The van der Waals surface area contributed by atoms with Crippen molar-refractivity contribution in [3.05, 3.63) is 39.8 Å². The van der Waals surface area contributed by atoms with Crippen molar-refractivity contribution in [3.63, 3.8) is 0 Å². The Labute approximate surface area is 86.1 Å². The molecule has 0 unspecified atom stereocenters. The largest absolute Gasteiger partial charge is 0.244 e. The fraction of sp³-hybridized carbons (Fsp3) is 0.250. The maximum atomic E-state index is 8.02. The van der Waals surface area contributed by atoms with Crippen LogP contribution in [0.1, 0.15) is 12.0 Å². The van der Waals surface area contributed by atoms with Gasteiger partial charge in [-0.05, 0) is 12.0 Å². The average molecular weight is 210 g/mol. The fourth-order valence-corrected chi connectivity index (χ4v) is 0.980. The van der Waals surface area contributed by atoms with E-state index in [0.717, 1.165) is 5.56 Å². The summed E-state index contributed by atoms with van der Waals surface area (Å²) in [4.78, 5) is 10.3. The van der Waals surface area contributed by atoms with Crippen LogP contribution >= 0.6 is 11.6 Å². The molecule has 6 heteroatoms. The summed E-state index contributed by atoms with van der Waals surface area (Å²) < 4.78 is 0. The van der Waals surface area contributed by atoms with Crippen LogP contribution in [0.25, 0.3) is 16.5 Å². The summed E-state index contributed by atoms with van der Waals surface area (Å²) in [5.41, 5.74) is 8.78. The third-order valence-corrected chi connectivity index (χ3v) is 1.76. The van der Waals surface area contributed by atoms with Gasteiger partial charge in [-0.25, -0.2) is 9.97 Å². The van der Waals surface area contributed by atoms with Gasteiger partial charge in [0.05, 0.1) is 0 Å². The lowest BCUT2D eigenvalue weighted by Gasteiger charge is -1.93. The van der Waals surface area contributed by atoms with Gasteiger partial charge in [-0.1, -0.05) is 28.9 Å². The summed E-state index contributed by atoms with van der Waals surface area (Å²) in [7, 11) is 0. The molecule has 0 amide bonds. The smallest absolute Gasteiger partial charge is 0.139 e. The minimum atomic E-state index is 0.417. The van der Waals surface area contributed by atoms with Gasteiger partial charge in [0.15, 0.2) is 0 Å². The molecular weight excluding hydrogens is 202 g/mol. The van der Waals surface area contributed by atoms with Crippen LogP contribution in [-0.2, 0) is 0 Å². The lowest BCUT2D eigenvalue weighted by molar-refractivity contribution is 0.995. The first-order valence-electron chi connectivity index (χ1n) is 3.97. The van der Waals surface area contributed by atoms with E-state index in [4.69, 9.17) is 17.1 Å². The maximum Gasteiger partial charge on any atom is 0.139 e. The molecule has 0 atom stereocenters. The highest BCUT2D eigenvalue weighted by Gasteiger charge is 1.94. The Kier molecular flexibility index (Phi) is 4.47. The Morgan fingerprint density at radius 3 is 3.21 bits per heavy atom. The molecule has 5 nitrogen and oxygen atoms in total. The summed E-state index contributed by atoms with van der Waals surface area (Å²) >= 11 is 5.78. The summed E-state index contributed by atoms with van der Waals surface area (Å²) in [6, 6.07) is 0. The van der Waals surface area contributed by atoms with Gasteiger partial charge in [0, 0.05) is 23.2 Å². The van der Waals surface area contributed by atoms with Gasteiger partial charge in [0.1, 0.15) is 11.5 Å². The van der Waals surface area contributed by atoms with Crippen LogP contribution in [0.15, 0.2) is 23.7 Å². The van der Waals surface area contributed by atoms with Crippen molar-refractivity contribution in [1.82, 2.24) is 9.97 Å². The topological polar surface area (TPSA) is 74.5 Å². The standard InChI is InChI=1S/C8H8ClN5/c9-8-7(5-11-6-12-8)3-1-2-4-13-14-10/h1,3,5-6H,2,4H2. The third kappa shape index (κ3) is 3.43. The first-order valence-corrected chi connectivity index (χ1v) is 4.35. The average Bonchev–Trinajstić information content (AvgIpc) is 2.20. The van der Waals surface area contributed by atoms with E-state index in [1.165, 1.54) is 6.33 Å². The molecule has 0 aromatic carbocycles. The second-order valence-electron chi connectivity index (χ2n) is 2.41. The second kappa shape index (κ2) is 5.96. The molecule has 0 N–H and O–H groups in total. The van der Waals surface area contributed by atoms with Gasteiger partial charge >= 0.3 is 0 Å². The number of halogens is 1. The monoisotopic (exact) mass is 209 g/mol. The molecule has 0 bridgehead atoms. The van der Waals surface area contributed by atoms with Crippen LogP contribution in [0.4, 0.5) is 0 Å². The zero-order chi connectivity index (χ0) is 10.2. The molecule has 0 saturated carbocycles. The molecular formula is C8H8ClN5. The van der Waals surface area contributed by atoms with Gasteiger partial charge in [0.2, 0.25) is 0 Å². The van der Waals surface area contributed by atoms with Crippen molar-refractivity contribution in [2.75, 3.05) is 6.54 Å². The Balaban J connectivity index is 2.51. The number of hydrogen-bond donors (Lipinski definition) is 0. The number of azide groups is 1. The number of nitrogens with zero attached hydrogens (tertiary/aromatic N) is 5. The fourth-order valence-electron chi connectivity index (χ4n) is 0.825. The highest BCUT2D eigenvalue weighted by molar-refractivity contribution is 6.30. The van der Waals surface area contributed by atoms with Gasteiger partial charge in [0.25, 0.3) is 0 Å². The summed E-state index contributed by atoms with van der Waals surface area (Å²) in [5.74, 6) is 0. The molecule has 1 aromatic rings. The third-order valence-electron chi connectivity index (χ3n) is 1.45. The molecule has 72 valence electrons. The molecule has 1 heterocycles. The highest BCUT2D eigenvalue weighted by atomic mass is 35.5. The predicted molar refractivity (Wildman–Crippen MR) is 54.7 cm³/mol. The van der Waals surface area contributed by atoms with E-state index in [2.05, 4.69) is 20.0 Å². The Morgan fingerprint density at radius 2 is 2.50 bits per heavy atom. The second-order valence-corrected chi connectivity index (χ2v) is 2.77. The summed E-state index contributed by atoms with van der Waals surface area (Å²) in [6.45, 7) is 0.443. The first kappa shape index (κ1) is 10.5. The van der Waals surface area contributed by atoms with Crippen LogP contribution < -0.4 is 0 Å². The van der Waals surface area contributed by atoms with Crippen molar-refractivity contribution in [3.8, 4) is 0 Å². The Bertz CT molecular complexity index is 370. The van der Waals surface area contributed by atoms with E-state index >= 15 is 0 Å². The van der Waals surface area contributed by atoms with E-state index in [0.29, 0.717) is 18.1 Å². The lowest BCUT2D eigenvalue weighted by Crippen LogP contribution is -1.82. The molecule has 14 heavy (non-hydrogen) atoms. The van der Waals surface area contributed by atoms with Crippen molar-refractivity contribution in [2.45, 2.75) is 6.42 Å². The van der Waals surface area contributed by atoms with Gasteiger partial charge in [-0.2, -0.15) is 0 Å². The molecule has 0 aliphatic carbocycles. The number of rotatable bonds is 4. The van der Waals surface area contributed by atoms with Crippen molar-refractivity contribution >= 4 is 17.7 Å². The molecule has 1 aromatic heterocycles. The van der Waals surface area contributed by atoms with Crippen LogP contribution in [0.5, 0.6) is 0 Å². The van der Waals surface area contributed by atoms with Crippen molar-refractivity contribution in [1.29, 1.82) is 0 Å². The predicted octanol–water partition coefficient (Wildman–Crippen LogP) is 2.84. The molecule has 0 aliphatic heterocycles. The van der Waals surface area contributed by atoms with Gasteiger partial charge < -0.3 is 0 Å².